The zero-order valence-corrected chi connectivity index (χ0v) is 12.5. The van der Waals surface area contributed by atoms with Crippen LogP contribution in [0.15, 0.2) is 33.5 Å². The number of hydrogen-bond donors (Lipinski definition) is 1. The molecule has 1 aliphatic rings. The number of aromatic nitrogens is 2. The number of nitrogens with one attached hydrogen (secondary N) is 1. The van der Waals surface area contributed by atoms with E-state index in [0.29, 0.717) is 29.1 Å². The first-order chi connectivity index (χ1) is 10.7. The fourth-order valence-corrected chi connectivity index (χ4v) is 2.94. The molecule has 0 amide bonds. The van der Waals surface area contributed by atoms with Crippen molar-refractivity contribution in [3.8, 4) is 0 Å². The Morgan fingerprint density at radius 3 is 2.82 bits per heavy atom. The van der Waals surface area contributed by atoms with E-state index in [1.54, 1.807) is 0 Å². The van der Waals surface area contributed by atoms with Crippen molar-refractivity contribution in [2.24, 2.45) is 0 Å². The third-order valence-electron chi connectivity index (χ3n) is 4.25. The van der Waals surface area contributed by atoms with Crippen LogP contribution < -0.4 is 5.56 Å². The van der Waals surface area contributed by atoms with E-state index in [4.69, 9.17) is 4.42 Å². The lowest BCUT2D eigenvalue weighted by Crippen LogP contribution is -2.44. The molecular weight excluding hydrogens is 280 g/mol. The van der Waals surface area contributed by atoms with Gasteiger partial charge >= 0.3 is 0 Å². The first kappa shape index (κ1) is 13.5. The molecule has 3 aromatic rings. The number of piperazine rings is 1. The van der Waals surface area contributed by atoms with Crippen molar-refractivity contribution >= 4 is 22.1 Å². The third-order valence-corrected chi connectivity index (χ3v) is 4.25. The van der Waals surface area contributed by atoms with Crippen LogP contribution in [0, 0.1) is 0 Å². The van der Waals surface area contributed by atoms with E-state index < -0.39 is 0 Å². The summed E-state index contributed by atoms with van der Waals surface area (Å²) in [4.78, 5) is 24.4. The number of likely N-dealkylation sites (N-methyl/N-ethyl adjacent to an activating group) is 1. The smallest absolute Gasteiger partial charge is 0.294 e. The molecule has 6 nitrogen and oxygen atoms in total. The number of hydrogen-bond acceptors (Lipinski definition) is 5. The van der Waals surface area contributed by atoms with Gasteiger partial charge in [0.25, 0.3) is 5.56 Å². The van der Waals surface area contributed by atoms with Crippen molar-refractivity contribution in [1.82, 2.24) is 19.8 Å². The maximum Gasteiger partial charge on any atom is 0.294 e. The van der Waals surface area contributed by atoms with Crippen molar-refractivity contribution in [2.45, 2.75) is 6.54 Å². The summed E-state index contributed by atoms with van der Waals surface area (Å²) in [6.07, 6.45) is 0. The Morgan fingerprint density at radius 2 is 2.00 bits per heavy atom. The first-order valence-corrected chi connectivity index (χ1v) is 7.52. The summed E-state index contributed by atoms with van der Waals surface area (Å²) in [6, 6.07) is 7.62. The molecule has 0 unspecified atom stereocenters. The number of H-pyrrole nitrogens is 1. The normalized spacial score (nSPS) is 17.5. The lowest BCUT2D eigenvalue weighted by Gasteiger charge is -2.31. The van der Waals surface area contributed by atoms with Gasteiger partial charge in [0.2, 0.25) is 5.58 Å². The van der Waals surface area contributed by atoms with Crippen LogP contribution in [0.5, 0.6) is 0 Å². The van der Waals surface area contributed by atoms with Gasteiger partial charge in [0.05, 0.1) is 6.54 Å². The number of aromatic amines is 1. The van der Waals surface area contributed by atoms with Crippen LogP contribution >= 0.6 is 0 Å². The molecule has 0 saturated carbocycles. The Labute approximate surface area is 127 Å². The summed E-state index contributed by atoms with van der Waals surface area (Å²) in [6.45, 7) is 4.73. The van der Waals surface area contributed by atoms with Gasteiger partial charge in [-0.2, -0.15) is 0 Å². The molecule has 1 aliphatic heterocycles. The van der Waals surface area contributed by atoms with Crippen LogP contribution in [-0.4, -0.2) is 53.0 Å². The van der Waals surface area contributed by atoms with Crippen LogP contribution in [0.2, 0.25) is 0 Å². The minimum Gasteiger partial charge on any atom is -0.449 e. The van der Waals surface area contributed by atoms with Crippen molar-refractivity contribution in [3.63, 3.8) is 0 Å². The van der Waals surface area contributed by atoms with Gasteiger partial charge in [-0.3, -0.25) is 9.69 Å². The SMILES string of the molecule is CN1CCN(Cc2nc3c(oc4ccccc43)c(=O)[nH]2)CC1. The predicted octanol–water partition coefficient (Wildman–Crippen LogP) is 1.42. The third kappa shape index (κ3) is 2.30. The highest BCUT2D eigenvalue weighted by molar-refractivity contribution is 6.01. The number of benzene rings is 1. The van der Waals surface area contributed by atoms with E-state index >= 15 is 0 Å². The van der Waals surface area contributed by atoms with Gasteiger partial charge in [0, 0.05) is 31.6 Å². The Bertz CT molecular complexity index is 875. The standard InChI is InChI=1S/C16H18N4O2/c1-19-6-8-20(9-7-19)10-13-17-14-11-4-2-3-5-12(11)22-15(14)16(21)18-13/h2-5H,6-10H2,1H3,(H,17,18,21). The predicted molar refractivity (Wildman–Crippen MR) is 84.9 cm³/mol. The molecule has 6 heteroatoms. The molecule has 2 aromatic heterocycles. The van der Waals surface area contributed by atoms with Crippen molar-refractivity contribution in [3.05, 3.63) is 40.4 Å². The molecule has 22 heavy (non-hydrogen) atoms. The first-order valence-electron chi connectivity index (χ1n) is 7.52. The molecule has 3 heterocycles. The van der Waals surface area contributed by atoms with Crippen LogP contribution in [0.3, 0.4) is 0 Å². The quantitative estimate of drug-likeness (QED) is 0.775. The number of furan rings is 1. The fourth-order valence-electron chi connectivity index (χ4n) is 2.94. The average Bonchev–Trinajstić information content (AvgIpc) is 2.89. The summed E-state index contributed by atoms with van der Waals surface area (Å²) in [7, 11) is 2.13. The second kappa shape index (κ2) is 5.23. The average molecular weight is 298 g/mol. The lowest BCUT2D eigenvalue weighted by molar-refractivity contribution is 0.145. The Kier molecular flexibility index (Phi) is 3.20. The molecule has 1 fully saturated rings. The largest absolute Gasteiger partial charge is 0.449 e. The van der Waals surface area contributed by atoms with Crippen LogP contribution in [0.4, 0.5) is 0 Å². The summed E-state index contributed by atoms with van der Waals surface area (Å²) >= 11 is 0. The summed E-state index contributed by atoms with van der Waals surface area (Å²) < 4.78 is 5.62. The maximum atomic E-state index is 12.2. The summed E-state index contributed by atoms with van der Waals surface area (Å²) in [5.41, 5.74) is 1.46. The minimum absolute atomic E-state index is 0.203. The maximum absolute atomic E-state index is 12.2. The molecule has 1 aromatic carbocycles. The van der Waals surface area contributed by atoms with Crippen LogP contribution in [0.25, 0.3) is 22.1 Å². The molecule has 1 saturated heterocycles. The fraction of sp³-hybridized carbons (Fsp3) is 0.375. The van der Waals surface area contributed by atoms with Crippen molar-refractivity contribution < 1.29 is 4.42 Å². The van der Waals surface area contributed by atoms with E-state index in [2.05, 4.69) is 26.8 Å². The molecule has 0 atom stereocenters. The minimum atomic E-state index is -0.203. The summed E-state index contributed by atoms with van der Waals surface area (Å²) in [5, 5.41) is 0.892. The van der Waals surface area contributed by atoms with E-state index in [9.17, 15) is 4.79 Å². The molecule has 1 N–H and O–H groups in total. The number of nitrogens with zero attached hydrogens (tertiary/aromatic N) is 3. The van der Waals surface area contributed by atoms with Crippen molar-refractivity contribution in [1.29, 1.82) is 0 Å². The topological polar surface area (TPSA) is 65.4 Å². The van der Waals surface area contributed by atoms with E-state index in [1.807, 2.05) is 24.3 Å². The van der Waals surface area contributed by atoms with Gasteiger partial charge in [-0.1, -0.05) is 12.1 Å². The number of rotatable bonds is 2. The molecule has 0 spiro atoms. The van der Waals surface area contributed by atoms with E-state index in [0.717, 1.165) is 31.6 Å². The van der Waals surface area contributed by atoms with E-state index in [1.165, 1.54) is 0 Å². The Morgan fingerprint density at radius 1 is 1.23 bits per heavy atom. The van der Waals surface area contributed by atoms with Gasteiger partial charge in [-0.05, 0) is 19.2 Å². The van der Waals surface area contributed by atoms with Gasteiger partial charge in [0.1, 0.15) is 16.9 Å². The molecule has 4 rings (SSSR count). The molecule has 0 bridgehead atoms. The number of fused-ring (bicyclic) bond motifs is 3. The molecule has 0 aliphatic carbocycles. The lowest BCUT2D eigenvalue weighted by atomic mass is 10.2. The number of para-hydroxylation sites is 1. The molecule has 0 radical (unpaired) electrons. The highest BCUT2D eigenvalue weighted by Gasteiger charge is 2.17. The van der Waals surface area contributed by atoms with Gasteiger partial charge in [0.15, 0.2) is 0 Å². The van der Waals surface area contributed by atoms with Gasteiger partial charge in [-0.15, -0.1) is 0 Å². The second-order valence-corrected chi connectivity index (χ2v) is 5.87. The zero-order valence-electron chi connectivity index (χ0n) is 12.5. The second-order valence-electron chi connectivity index (χ2n) is 5.87. The van der Waals surface area contributed by atoms with Gasteiger partial charge < -0.3 is 14.3 Å². The van der Waals surface area contributed by atoms with Crippen LogP contribution in [0.1, 0.15) is 5.82 Å². The van der Waals surface area contributed by atoms with Crippen molar-refractivity contribution in [2.75, 3.05) is 33.2 Å². The molecular formula is C16H18N4O2. The van der Waals surface area contributed by atoms with E-state index in [-0.39, 0.29) is 5.56 Å². The highest BCUT2D eigenvalue weighted by atomic mass is 16.3. The highest BCUT2D eigenvalue weighted by Crippen LogP contribution is 2.24. The van der Waals surface area contributed by atoms with Gasteiger partial charge in [-0.25, -0.2) is 4.98 Å². The van der Waals surface area contributed by atoms with Crippen LogP contribution in [-0.2, 0) is 6.54 Å². The molecule has 114 valence electrons. The Balaban J connectivity index is 1.73. The summed E-state index contributed by atoms with van der Waals surface area (Å²) in [5.74, 6) is 0.702. The Hall–Kier alpha value is -2.18. The zero-order chi connectivity index (χ0) is 15.1. The monoisotopic (exact) mass is 298 g/mol.